The predicted octanol–water partition coefficient (Wildman–Crippen LogP) is 2.27. The molecule has 0 aliphatic heterocycles. The van der Waals surface area contributed by atoms with Gasteiger partial charge in [-0.25, -0.2) is 23.1 Å². The highest BCUT2D eigenvalue weighted by molar-refractivity contribution is 7.80. The molecule has 0 aliphatic rings. The van der Waals surface area contributed by atoms with E-state index in [0.29, 0.717) is 0 Å². The monoisotopic (exact) mass is 284 g/mol. The van der Waals surface area contributed by atoms with E-state index in [1.54, 1.807) is 0 Å². The predicted molar refractivity (Wildman–Crippen MR) is 67.5 cm³/mol. The van der Waals surface area contributed by atoms with Crippen LogP contribution >= 0.6 is 12.2 Å². The standard InChI is InChI=1S/C11H7F3N4S/c12-5-1-2-6(8(14)7(5)13)18-11-9(10(15)19)16-3-4-17-11/h1-4H,(H2,15,19)(H,17,18). The number of nitrogens with two attached hydrogens (primary N) is 1. The van der Waals surface area contributed by atoms with Crippen LogP contribution in [0.1, 0.15) is 5.69 Å². The van der Waals surface area contributed by atoms with Crippen molar-refractivity contribution in [2.45, 2.75) is 0 Å². The number of thiocarbonyl (C=S) groups is 1. The summed E-state index contributed by atoms with van der Waals surface area (Å²) in [4.78, 5) is 7.67. The van der Waals surface area contributed by atoms with Crippen molar-refractivity contribution in [2.75, 3.05) is 5.32 Å². The molecule has 0 bridgehead atoms. The van der Waals surface area contributed by atoms with Gasteiger partial charge in [-0.05, 0) is 12.1 Å². The molecule has 0 fully saturated rings. The molecule has 0 radical (unpaired) electrons. The Morgan fingerprint density at radius 3 is 2.47 bits per heavy atom. The molecule has 2 rings (SSSR count). The molecule has 4 nitrogen and oxygen atoms in total. The molecule has 1 aromatic heterocycles. The molecule has 2 aromatic rings. The van der Waals surface area contributed by atoms with Crippen LogP contribution in [0, 0.1) is 17.5 Å². The van der Waals surface area contributed by atoms with E-state index < -0.39 is 17.5 Å². The van der Waals surface area contributed by atoms with Crippen LogP contribution in [0.2, 0.25) is 0 Å². The van der Waals surface area contributed by atoms with Gasteiger partial charge in [0.1, 0.15) is 10.7 Å². The molecular weight excluding hydrogens is 277 g/mol. The van der Waals surface area contributed by atoms with Gasteiger partial charge < -0.3 is 11.1 Å². The van der Waals surface area contributed by atoms with Gasteiger partial charge in [-0.3, -0.25) is 0 Å². The summed E-state index contributed by atoms with van der Waals surface area (Å²) in [6.07, 6.45) is 2.67. The van der Waals surface area contributed by atoms with E-state index in [1.165, 1.54) is 12.4 Å². The van der Waals surface area contributed by atoms with Crippen molar-refractivity contribution >= 4 is 28.7 Å². The van der Waals surface area contributed by atoms with Crippen LogP contribution in [0.15, 0.2) is 24.5 Å². The molecule has 0 spiro atoms. The second-order valence-corrected chi connectivity index (χ2v) is 3.91. The fourth-order valence-electron chi connectivity index (χ4n) is 1.36. The van der Waals surface area contributed by atoms with Gasteiger partial charge >= 0.3 is 0 Å². The molecule has 8 heteroatoms. The Hall–Kier alpha value is -2.22. The third-order valence-corrected chi connectivity index (χ3v) is 2.41. The van der Waals surface area contributed by atoms with Gasteiger partial charge in [-0.1, -0.05) is 12.2 Å². The van der Waals surface area contributed by atoms with Crippen molar-refractivity contribution in [3.05, 3.63) is 47.7 Å². The number of hydrogen-bond donors (Lipinski definition) is 2. The molecule has 98 valence electrons. The van der Waals surface area contributed by atoms with E-state index in [-0.39, 0.29) is 22.2 Å². The molecule has 19 heavy (non-hydrogen) atoms. The first-order chi connectivity index (χ1) is 9.00. The minimum absolute atomic E-state index is 0.0555. The summed E-state index contributed by atoms with van der Waals surface area (Å²) in [5.41, 5.74) is 5.25. The van der Waals surface area contributed by atoms with Crippen molar-refractivity contribution in [1.29, 1.82) is 0 Å². The second-order valence-electron chi connectivity index (χ2n) is 3.47. The van der Waals surface area contributed by atoms with Gasteiger partial charge in [0.15, 0.2) is 23.3 Å². The number of nitrogens with zero attached hydrogens (tertiary/aromatic N) is 2. The van der Waals surface area contributed by atoms with E-state index in [9.17, 15) is 13.2 Å². The highest BCUT2D eigenvalue weighted by Crippen LogP contribution is 2.23. The summed E-state index contributed by atoms with van der Waals surface area (Å²) in [7, 11) is 0. The molecule has 3 N–H and O–H groups in total. The summed E-state index contributed by atoms with van der Waals surface area (Å²) < 4.78 is 39.4. The highest BCUT2D eigenvalue weighted by atomic mass is 32.1. The summed E-state index contributed by atoms with van der Waals surface area (Å²) >= 11 is 4.75. The van der Waals surface area contributed by atoms with Gasteiger partial charge in [0, 0.05) is 12.4 Å². The van der Waals surface area contributed by atoms with Crippen molar-refractivity contribution in [1.82, 2.24) is 9.97 Å². The lowest BCUT2D eigenvalue weighted by atomic mass is 10.2. The van der Waals surface area contributed by atoms with Crippen LogP contribution in [0.3, 0.4) is 0 Å². The third kappa shape index (κ3) is 2.63. The summed E-state index contributed by atoms with van der Waals surface area (Å²) in [6.45, 7) is 0. The number of aromatic nitrogens is 2. The maximum absolute atomic E-state index is 13.5. The average Bonchev–Trinajstić information content (AvgIpc) is 2.40. The molecule has 1 heterocycles. The van der Waals surface area contributed by atoms with Crippen LogP contribution in [0.25, 0.3) is 0 Å². The van der Waals surface area contributed by atoms with E-state index in [2.05, 4.69) is 15.3 Å². The SMILES string of the molecule is NC(=S)c1nccnc1Nc1ccc(F)c(F)c1F. The Labute approximate surface area is 111 Å². The van der Waals surface area contributed by atoms with E-state index >= 15 is 0 Å². The maximum atomic E-state index is 13.5. The zero-order valence-corrected chi connectivity index (χ0v) is 10.1. The third-order valence-electron chi connectivity index (χ3n) is 2.22. The van der Waals surface area contributed by atoms with Crippen molar-refractivity contribution in [3.63, 3.8) is 0 Å². The fraction of sp³-hybridized carbons (Fsp3) is 0. The molecule has 0 unspecified atom stereocenters. The Balaban J connectivity index is 2.42. The van der Waals surface area contributed by atoms with Gasteiger partial charge in [-0.15, -0.1) is 0 Å². The van der Waals surface area contributed by atoms with Gasteiger partial charge in [0.2, 0.25) is 0 Å². The van der Waals surface area contributed by atoms with Crippen molar-refractivity contribution in [2.24, 2.45) is 5.73 Å². The normalized spacial score (nSPS) is 10.3. The first kappa shape index (κ1) is 13.2. The fourth-order valence-corrected chi connectivity index (χ4v) is 1.51. The minimum Gasteiger partial charge on any atom is -0.388 e. The lowest BCUT2D eigenvalue weighted by Crippen LogP contribution is -2.15. The first-order valence-electron chi connectivity index (χ1n) is 5.02. The van der Waals surface area contributed by atoms with Crippen LogP contribution in [0.5, 0.6) is 0 Å². The number of halogens is 3. The number of nitrogens with one attached hydrogen (secondary N) is 1. The van der Waals surface area contributed by atoms with Gasteiger partial charge in [0.05, 0.1) is 5.69 Å². The largest absolute Gasteiger partial charge is 0.388 e. The molecule has 0 atom stereocenters. The van der Waals surface area contributed by atoms with E-state index in [0.717, 1.165) is 12.1 Å². The zero-order chi connectivity index (χ0) is 14.0. The molecule has 0 saturated heterocycles. The smallest absolute Gasteiger partial charge is 0.196 e. The van der Waals surface area contributed by atoms with Crippen molar-refractivity contribution in [3.8, 4) is 0 Å². The summed E-state index contributed by atoms with van der Waals surface area (Å²) in [5.74, 6) is -4.16. The minimum atomic E-state index is -1.58. The van der Waals surface area contributed by atoms with Gasteiger partial charge in [0.25, 0.3) is 0 Å². The van der Waals surface area contributed by atoms with E-state index in [1.807, 2.05) is 0 Å². The van der Waals surface area contributed by atoms with Crippen molar-refractivity contribution < 1.29 is 13.2 Å². The summed E-state index contributed by atoms with van der Waals surface area (Å²) in [6, 6.07) is 1.82. The number of rotatable bonds is 3. The number of benzene rings is 1. The van der Waals surface area contributed by atoms with E-state index in [4.69, 9.17) is 18.0 Å². The number of hydrogen-bond acceptors (Lipinski definition) is 4. The molecule has 0 amide bonds. The Morgan fingerprint density at radius 2 is 1.79 bits per heavy atom. The quantitative estimate of drug-likeness (QED) is 0.668. The second kappa shape index (κ2) is 5.19. The lowest BCUT2D eigenvalue weighted by Gasteiger charge is -2.10. The Kier molecular flexibility index (Phi) is 3.61. The molecule has 1 aromatic carbocycles. The Bertz CT molecular complexity index is 648. The van der Waals surface area contributed by atoms with Crippen LogP contribution in [-0.4, -0.2) is 15.0 Å². The molecular formula is C11H7F3N4S. The lowest BCUT2D eigenvalue weighted by molar-refractivity contribution is 0.449. The first-order valence-corrected chi connectivity index (χ1v) is 5.43. The average molecular weight is 284 g/mol. The topological polar surface area (TPSA) is 63.8 Å². The van der Waals surface area contributed by atoms with Crippen LogP contribution < -0.4 is 11.1 Å². The molecule has 0 saturated carbocycles. The number of anilines is 2. The van der Waals surface area contributed by atoms with Crippen LogP contribution in [-0.2, 0) is 0 Å². The maximum Gasteiger partial charge on any atom is 0.196 e. The van der Waals surface area contributed by atoms with Gasteiger partial charge in [-0.2, -0.15) is 0 Å². The molecule has 0 aliphatic carbocycles. The zero-order valence-electron chi connectivity index (χ0n) is 9.32. The van der Waals surface area contributed by atoms with Crippen LogP contribution in [0.4, 0.5) is 24.7 Å². The Morgan fingerprint density at radius 1 is 1.11 bits per heavy atom. The summed E-state index contributed by atoms with van der Waals surface area (Å²) in [5, 5.41) is 2.47. The highest BCUT2D eigenvalue weighted by Gasteiger charge is 2.15.